The highest BCUT2D eigenvalue weighted by atomic mass is 35.5. The summed E-state index contributed by atoms with van der Waals surface area (Å²) in [5, 5.41) is 10.4. The number of phenolic OH excluding ortho intramolecular Hbond substituents is 1. The Morgan fingerprint density at radius 3 is 2.65 bits per heavy atom. The molecule has 1 saturated carbocycles. The fourth-order valence-corrected chi connectivity index (χ4v) is 3.58. The molecule has 1 heterocycles. The molecule has 2 atom stereocenters. The van der Waals surface area contributed by atoms with Crippen LogP contribution >= 0.6 is 11.6 Å². The molecule has 17 heavy (non-hydrogen) atoms. The number of benzene rings is 1. The lowest BCUT2D eigenvalue weighted by molar-refractivity contribution is 0.298. The van der Waals surface area contributed by atoms with Crippen LogP contribution in [0.4, 0.5) is 0 Å². The van der Waals surface area contributed by atoms with Crippen LogP contribution in [0.1, 0.15) is 24.8 Å². The van der Waals surface area contributed by atoms with Crippen molar-refractivity contribution in [1.29, 1.82) is 0 Å². The first kappa shape index (κ1) is 11.4. The molecule has 92 valence electrons. The molecular weight excluding hydrogens is 234 g/mol. The summed E-state index contributed by atoms with van der Waals surface area (Å²) in [7, 11) is 0. The average Bonchev–Trinajstić information content (AvgIpc) is 2.85. The lowest BCUT2D eigenvalue weighted by atomic mass is 10.0. The molecule has 2 fully saturated rings. The van der Waals surface area contributed by atoms with Gasteiger partial charge in [-0.05, 0) is 30.7 Å². The van der Waals surface area contributed by atoms with Crippen molar-refractivity contribution in [2.75, 3.05) is 13.1 Å². The second kappa shape index (κ2) is 4.51. The maximum absolute atomic E-state index is 9.90. The molecule has 2 aliphatic rings. The number of halogens is 1. The molecule has 1 aliphatic heterocycles. The highest BCUT2D eigenvalue weighted by Gasteiger charge is 2.35. The first-order valence-corrected chi connectivity index (χ1v) is 6.80. The Kier molecular flexibility index (Phi) is 3.01. The summed E-state index contributed by atoms with van der Waals surface area (Å²) < 4.78 is 0. The van der Waals surface area contributed by atoms with Gasteiger partial charge in [0.2, 0.25) is 0 Å². The molecule has 1 aliphatic carbocycles. The van der Waals surface area contributed by atoms with Crippen molar-refractivity contribution < 1.29 is 5.11 Å². The number of aromatic hydroxyl groups is 1. The number of nitrogens with zero attached hydrogens (tertiary/aromatic N) is 1. The van der Waals surface area contributed by atoms with Gasteiger partial charge in [0.1, 0.15) is 5.75 Å². The Labute approximate surface area is 107 Å². The molecule has 3 rings (SSSR count). The summed E-state index contributed by atoms with van der Waals surface area (Å²) in [6.45, 7) is 3.21. The summed E-state index contributed by atoms with van der Waals surface area (Å²) in [4.78, 5) is 2.46. The van der Waals surface area contributed by atoms with Crippen LogP contribution in [0.2, 0.25) is 5.02 Å². The van der Waals surface area contributed by atoms with Gasteiger partial charge >= 0.3 is 0 Å². The lowest BCUT2D eigenvalue weighted by Crippen LogP contribution is -2.21. The number of rotatable bonds is 2. The van der Waals surface area contributed by atoms with Crippen LogP contribution in [-0.2, 0) is 6.54 Å². The van der Waals surface area contributed by atoms with Crippen LogP contribution in [0.15, 0.2) is 18.2 Å². The number of fused-ring (bicyclic) bond motifs is 1. The Bertz CT molecular complexity index is 409. The van der Waals surface area contributed by atoms with E-state index in [0.717, 1.165) is 23.9 Å². The van der Waals surface area contributed by atoms with Crippen molar-refractivity contribution in [3.8, 4) is 5.75 Å². The lowest BCUT2D eigenvalue weighted by Gasteiger charge is -2.17. The topological polar surface area (TPSA) is 23.5 Å². The quantitative estimate of drug-likeness (QED) is 0.872. The molecule has 0 bridgehead atoms. The maximum atomic E-state index is 9.90. The number of para-hydroxylation sites is 1. The van der Waals surface area contributed by atoms with Gasteiger partial charge in [-0.15, -0.1) is 0 Å². The summed E-state index contributed by atoms with van der Waals surface area (Å²) in [5.74, 6) is 2.05. The van der Waals surface area contributed by atoms with Gasteiger partial charge in [-0.25, -0.2) is 0 Å². The second-order valence-electron chi connectivity index (χ2n) is 5.39. The van der Waals surface area contributed by atoms with Crippen LogP contribution in [0, 0.1) is 11.8 Å². The smallest absolute Gasteiger partial charge is 0.138 e. The third-order valence-corrected chi connectivity index (χ3v) is 4.57. The molecule has 0 aromatic heterocycles. The molecule has 0 amide bonds. The third-order valence-electron chi connectivity index (χ3n) is 4.27. The molecule has 2 unspecified atom stereocenters. The van der Waals surface area contributed by atoms with Gasteiger partial charge in [-0.1, -0.05) is 30.2 Å². The summed E-state index contributed by atoms with van der Waals surface area (Å²) >= 11 is 5.93. The van der Waals surface area contributed by atoms with Crippen molar-refractivity contribution in [2.24, 2.45) is 11.8 Å². The predicted octanol–water partition coefficient (Wildman–Crippen LogP) is 3.28. The van der Waals surface area contributed by atoms with Gasteiger partial charge in [0.25, 0.3) is 0 Å². The van der Waals surface area contributed by atoms with Crippen molar-refractivity contribution in [1.82, 2.24) is 4.90 Å². The molecule has 1 aromatic rings. The summed E-state index contributed by atoms with van der Waals surface area (Å²) in [6.07, 6.45) is 4.19. The van der Waals surface area contributed by atoms with E-state index in [-0.39, 0.29) is 5.75 Å². The Morgan fingerprint density at radius 2 is 1.94 bits per heavy atom. The third kappa shape index (κ3) is 2.16. The zero-order valence-electron chi connectivity index (χ0n) is 9.90. The average molecular weight is 252 g/mol. The van der Waals surface area contributed by atoms with Crippen LogP contribution in [0.25, 0.3) is 0 Å². The maximum Gasteiger partial charge on any atom is 0.138 e. The highest BCUT2D eigenvalue weighted by Crippen LogP contribution is 2.39. The minimum Gasteiger partial charge on any atom is -0.506 e. The minimum absolute atomic E-state index is 0.256. The molecule has 1 aromatic carbocycles. The molecule has 1 N–H and O–H groups in total. The fraction of sp³-hybridized carbons (Fsp3) is 0.571. The van der Waals surface area contributed by atoms with Gasteiger partial charge in [-0.3, -0.25) is 4.90 Å². The predicted molar refractivity (Wildman–Crippen MR) is 69.2 cm³/mol. The molecule has 2 nitrogen and oxygen atoms in total. The van der Waals surface area contributed by atoms with Crippen molar-refractivity contribution in [2.45, 2.75) is 25.8 Å². The number of hydrogen-bond donors (Lipinski definition) is 1. The van der Waals surface area contributed by atoms with E-state index in [2.05, 4.69) is 4.90 Å². The normalized spacial score (nSPS) is 28.5. The Morgan fingerprint density at radius 1 is 1.24 bits per heavy atom. The molecule has 1 saturated heterocycles. The zero-order chi connectivity index (χ0) is 11.8. The molecule has 3 heteroatoms. The van der Waals surface area contributed by atoms with Crippen LogP contribution in [0.3, 0.4) is 0 Å². The highest BCUT2D eigenvalue weighted by molar-refractivity contribution is 6.32. The van der Waals surface area contributed by atoms with E-state index in [9.17, 15) is 5.11 Å². The van der Waals surface area contributed by atoms with E-state index < -0.39 is 0 Å². The van der Waals surface area contributed by atoms with Crippen LogP contribution < -0.4 is 0 Å². The van der Waals surface area contributed by atoms with E-state index >= 15 is 0 Å². The number of phenols is 1. The van der Waals surface area contributed by atoms with E-state index in [0.29, 0.717) is 5.02 Å². The Balaban J connectivity index is 1.70. The summed E-state index contributed by atoms with van der Waals surface area (Å²) in [5.41, 5.74) is 0.956. The van der Waals surface area contributed by atoms with Crippen molar-refractivity contribution in [3.05, 3.63) is 28.8 Å². The zero-order valence-corrected chi connectivity index (χ0v) is 10.7. The second-order valence-corrected chi connectivity index (χ2v) is 5.80. The summed E-state index contributed by atoms with van der Waals surface area (Å²) in [6, 6.07) is 5.61. The van der Waals surface area contributed by atoms with Gasteiger partial charge in [0.15, 0.2) is 0 Å². The van der Waals surface area contributed by atoms with Gasteiger partial charge in [0.05, 0.1) is 5.02 Å². The van der Waals surface area contributed by atoms with Crippen LogP contribution in [0.5, 0.6) is 5.75 Å². The number of likely N-dealkylation sites (tertiary alicyclic amines) is 1. The van der Waals surface area contributed by atoms with Gasteiger partial charge in [0, 0.05) is 25.2 Å². The van der Waals surface area contributed by atoms with E-state index in [4.69, 9.17) is 11.6 Å². The minimum atomic E-state index is 0.256. The van der Waals surface area contributed by atoms with Gasteiger partial charge in [-0.2, -0.15) is 0 Å². The molecular formula is C14H18ClNO. The SMILES string of the molecule is Oc1c(Cl)cccc1CN1CC2CCCC2C1. The van der Waals surface area contributed by atoms with E-state index in [1.54, 1.807) is 6.07 Å². The van der Waals surface area contributed by atoms with Crippen molar-refractivity contribution >= 4 is 11.6 Å². The first-order valence-electron chi connectivity index (χ1n) is 6.43. The first-order chi connectivity index (χ1) is 8.24. The van der Waals surface area contributed by atoms with Crippen LogP contribution in [-0.4, -0.2) is 23.1 Å². The standard InChI is InChI=1S/C14H18ClNO/c15-13-6-2-5-12(14(13)17)9-16-7-10-3-1-4-11(10)8-16/h2,5-6,10-11,17H,1,3-4,7-9H2. The monoisotopic (exact) mass is 251 g/mol. The van der Waals surface area contributed by atoms with E-state index in [1.807, 2.05) is 12.1 Å². The fourth-order valence-electron chi connectivity index (χ4n) is 3.39. The Hall–Kier alpha value is -0.730. The molecule has 0 spiro atoms. The number of hydrogen-bond acceptors (Lipinski definition) is 2. The van der Waals surface area contributed by atoms with Crippen molar-refractivity contribution in [3.63, 3.8) is 0 Å². The van der Waals surface area contributed by atoms with Gasteiger partial charge < -0.3 is 5.11 Å². The molecule has 0 radical (unpaired) electrons. The van der Waals surface area contributed by atoms with E-state index in [1.165, 1.54) is 32.4 Å². The largest absolute Gasteiger partial charge is 0.506 e.